The van der Waals surface area contributed by atoms with E-state index in [-0.39, 0.29) is 11.5 Å². The van der Waals surface area contributed by atoms with Crippen molar-refractivity contribution in [2.24, 2.45) is 0 Å². The molecule has 1 N–H and O–H groups in total. The van der Waals surface area contributed by atoms with E-state index in [1.165, 1.54) is 17.0 Å². The van der Waals surface area contributed by atoms with Gasteiger partial charge in [-0.3, -0.25) is 14.2 Å². The summed E-state index contributed by atoms with van der Waals surface area (Å²) in [5.41, 5.74) is 0.747. The molecule has 0 radical (unpaired) electrons. The van der Waals surface area contributed by atoms with E-state index in [1.54, 1.807) is 43.3 Å². The summed E-state index contributed by atoms with van der Waals surface area (Å²) in [4.78, 5) is 29.2. The Morgan fingerprint density at radius 3 is 2.71 bits per heavy atom. The van der Waals surface area contributed by atoms with Crippen LogP contribution < -0.4 is 10.9 Å². The second-order valence-corrected chi connectivity index (χ2v) is 6.11. The summed E-state index contributed by atoms with van der Waals surface area (Å²) >= 11 is 11.9. The van der Waals surface area contributed by atoms with Crippen LogP contribution in [0.15, 0.2) is 53.6 Å². The predicted molar refractivity (Wildman–Crippen MR) is 95.8 cm³/mol. The molecule has 0 aliphatic carbocycles. The summed E-state index contributed by atoms with van der Waals surface area (Å²) in [6.45, 7) is 1.62. The zero-order chi connectivity index (χ0) is 17.3. The number of carbonyl (C=O) groups excluding carboxylic acids is 1. The van der Waals surface area contributed by atoms with Gasteiger partial charge < -0.3 is 5.32 Å². The first-order chi connectivity index (χ1) is 11.5. The van der Waals surface area contributed by atoms with E-state index < -0.39 is 6.04 Å². The van der Waals surface area contributed by atoms with Crippen LogP contribution in [0.3, 0.4) is 0 Å². The molecule has 3 rings (SSSR count). The lowest BCUT2D eigenvalue weighted by atomic mass is 10.2. The highest BCUT2D eigenvalue weighted by Crippen LogP contribution is 2.26. The van der Waals surface area contributed by atoms with Crippen LogP contribution in [-0.4, -0.2) is 15.5 Å². The van der Waals surface area contributed by atoms with Crippen molar-refractivity contribution in [1.29, 1.82) is 0 Å². The third kappa shape index (κ3) is 3.13. The number of fused-ring (bicyclic) bond motifs is 1. The van der Waals surface area contributed by atoms with Gasteiger partial charge in [-0.15, -0.1) is 0 Å². The molecule has 5 nitrogen and oxygen atoms in total. The maximum Gasteiger partial charge on any atom is 0.261 e. The van der Waals surface area contributed by atoms with Gasteiger partial charge in [0.25, 0.3) is 5.56 Å². The first-order valence-electron chi connectivity index (χ1n) is 7.19. The summed E-state index contributed by atoms with van der Waals surface area (Å²) in [7, 11) is 0. The van der Waals surface area contributed by atoms with Gasteiger partial charge in [0.15, 0.2) is 0 Å². The first-order valence-corrected chi connectivity index (χ1v) is 7.95. The summed E-state index contributed by atoms with van der Waals surface area (Å²) in [5, 5.41) is 3.96. The Morgan fingerprint density at radius 1 is 1.21 bits per heavy atom. The van der Waals surface area contributed by atoms with Crippen molar-refractivity contribution in [3.05, 3.63) is 69.2 Å². The number of hydrogen-bond acceptors (Lipinski definition) is 3. The number of amides is 1. The molecular weight excluding hydrogens is 349 g/mol. The van der Waals surface area contributed by atoms with Crippen LogP contribution >= 0.6 is 23.2 Å². The van der Waals surface area contributed by atoms with Gasteiger partial charge in [0.1, 0.15) is 6.04 Å². The van der Waals surface area contributed by atoms with Gasteiger partial charge in [-0.05, 0) is 37.3 Å². The number of nitrogens with zero attached hydrogens (tertiary/aromatic N) is 2. The van der Waals surface area contributed by atoms with Crippen LogP contribution in [0.5, 0.6) is 0 Å². The highest BCUT2D eigenvalue weighted by atomic mass is 35.5. The van der Waals surface area contributed by atoms with Gasteiger partial charge in [0.2, 0.25) is 5.91 Å². The van der Waals surface area contributed by atoms with Crippen molar-refractivity contribution in [1.82, 2.24) is 9.55 Å². The number of hydrogen-bond donors (Lipinski definition) is 1. The molecule has 1 unspecified atom stereocenters. The second kappa shape index (κ2) is 6.63. The SMILES string of the molecule is CC(C(=O)Nc1ccc(Cl)cc1Cl)n1cnc2ccccc2c1=O. The Morgan fingerprint density at radius 2 is 1.96 bits per heavy atom. The van der Waals surface area contributed by atoms with Crippen LogP contribution in [0.25, 0.3) is 10.9 Å². The Bertz CT molecular complexity index is 985. The lowest BCUT2D eigenvalue weighted by molar-refractivity contribution is -0.118. The van der Waals surface area contributed by atoms with E-state index in [4.69, 9.17) is 23.2 Å². The Labute approximate surface area is 147 Å². The molecule has 0 aliphatic heterocycles. The summed E-state index contributed by atoms with van der Waals surface area (Å²) in [6.07, 6.45) is 1.37. The largest absolute Gasteiger partial charge is 0.323 e. The lowest BCUT2D eigenvalue weighted by Crippen LogP contribution is -2.31. The molecule has 1 aromatic heterocycles. The van der Waals surface area contributed by atoms with Crippen molar-refractivity contribution < 1.29 is 4.79 Å². The first kappa shape index (κ1) is 16.5. The van der Waals surface area contributed by atoms with Crippen molar-refractivity contribution in [2.75, 3.05) is 5.32 Å². The third-order valence-electron chi connectivity index (χ3n) is 3.68. The maximum absolute atomic E-state index is 12.5. The number of benzene rings is 2. The predicted octanol–water partition coefficient (Wildman–Crippen LogP) is 3.90. The molecule has 1 heterocycles. The minimum Gasteiger partial charge on any atom is -0.323 e. The highest BCUT2D eigenvalue weighted by molar-refractivity contribution is 6.36. The molecular formula is C17H13Cl2N3O2. The number of nitrogens with one attached hydrogen (secondary N) is 1. The van der Waals surface area contributed by atoms with Crippen molar-refractivity contribution >= 4 is 45.7 Å². The van der Waals surface area contributed by atoms with E-state index in [0.29, 0.717) is 26.6 Å². The van der Waals surface area contributed by atoms with Crippen LogP contribution in [0.4, 0.5) is 5.69 Å². The average Bonchev–Trinajstić information content (AvgIpc) is 2.57. The summed E-state index contributed by atoms with van der Waals surface area (Å²) in [6, 6.07) is 11.0. The fourth-order valence-electron chi connectivity index (χ4n) is 2.31. The minimum absolute atomic E-state index is 0.273. The number of aromatic nitrogens is 2. The van der Waals surface area contributed by atoms with E-state index in [0.717, 1.165) is 0 Å². The molecule has 7 heteroatoms. The standard InChI is InChI=1S/C17H13Cl2N3O2/c1-10(16(23)21-15-7-6-11(18)8-13(15)19)22-9-20-14-5-3-2-4-12(14)17(22)24/h2-10H,1H3,(H,21,23). The van der Waals surface area contributed by atoms with Gasteiger partial charge in [-0.2, -0.15) is 0 Å². The number of rotatable bonds is 3. The van der Waals surface area contributed by atoms with Gasteiger partial charge >= 0.3 is 0 Å². The molecule has 0 saturated carbocycles. The van der Waals surface area contributed by atoms with E-state index >= 15 is 0 Å². The number of anilines is 1. The Hall–Kier alpha value is -2.37. The van der Waals surface area contributed by atoms with E-state index in [1.807, 2.05) is 0 Å². The monoisotopic (exact) mass is 361 g/mol. The van der Waals surface area contributed by atoms with Crippen LogP contribution in [0, 0.1) is 0 Å². The third-order valence-corrected chi connectivity index (χ3v) is 4.22. The number of halogens is 2. The highest BCUT2D eigenvalue weighted by Gasteiger charge is 2.18. The number of para-hydroxylation sites is 1. The van der Waals surface area contributed by atoms with Crippen molar-refractivity contribution in [2.45, 2.75) is 13.0 Å². The molecule has 24 heavy (non-hydrogen) atoms. The maximum atomic E-state index is 12.5. The van der Waals surface area contributed by atoms with Crippen molar-refractivity contribution in [3.63, 3.8) is 0 Å². The molecule has 1 atom stereocenters. The molecule has 0 bridgehead atoms. The minimum atomic E-state index is -0.749. The Balaban J connectivity index is 1.91. The molecule has 0 aliphatic rings. The Kier molecular flexibility index (Phi) is 4.55. The number of carbonyl (C=O) groups is 1. The van der Waals surface area contributed by atoms with Gasteiger partial charge in [-0.1, -0.05) is 35.3 Å². The van der Waals surface area contributed by atoms with E-state index in [9.17, 15) is 9.59 Å². The molecule has 0 saturated heterocycles. The molecule has 0 spiro atoms. The lowest BCUT2D eigenvalue weighted by Gasteiger charge is -2.16. The van der Waals surface area contributed by atoms with Gasteiger partial charge in [0, 0.05) is 5.02 Å². The summed E-state index contributed by atoms with van der Waals surface area (Å²) < 4.78 is 1.29. The molecule has 1 amide bonds. The smallest absolute Gasteiger partial charge is 0.261 e. The van der Waals surface area contributed by atoms with Crippen LogP contribution in [0.2, 0.25) is 10.0 Å². The zero-order valence-electron chi connectivity index (χ0n) is 12.7. The van der Waals surface area contributed by atoms with Crippen molar-refractivity contribution in [3.8, 4) is 0 Å². The molecule has 3 aromatic rings. The van der Waals surface area contributed by atoms with Gasteiger partial charge in [-0.25, -0.2) is 4.98 Å². The van der Waals surface area contributed by atoms with Gasteiger partial charge in [0.05, 0.1) is 27.9 Å². The molecule has 122 valence electrons. The normalized spacial score (nSPS) is 12.1. The summed E-state index contributed by atoms with van der Waals surface area (Å²) in [5.74, 6) is -0.376. The molecule has 0 fully saturated rings. The zero-order valence-corrected chi connectivity index (χ0v) is 14.2. The van der Waals surface area contributed by atoms with Crippen LogP contribution in [-0.2, 0) is 4.79 Å². The quantitative estimate of drug-likeness (QED) is 0.769. The average molecular weight is 362 g/mol. The van der Waals surface area contributed by atoms with E-state index in [2.05, 4.69) is 10.3 Å². The fraction of sp³-hybridized carbons (Fsp3) is 0.118. The fourth-order valence-corrected chi connectivity index (χ4v) is 2.77. The molecule has 2 aromatic carbocycles. The van der Waals surface area contributed by atoms with Crippen LogP contribution in [0.1, 0.15) is 13.0 Å². The topological polar surface area (TPSA) is 64.0 Å². The second-order valence-electron chi connectivity index (χ2n) is 5.26.